The molecular formula is C14H20. The number of allylic oxidation sites excluding steroid dienone is 8. The second-order valence-electron chi connectivity index (χ2n) is 3.51. The summed E-state index contributed by atoms with van der Waals surface area (Å²) in [6, 6.07) is 0. The van der Waals surface area contributed by atoms with E-state index in [4.69, 9.17) is 0 Å². The fourth-order valence-corrected chi connectivity index (χ4v) is 1.40. The Balaban J connectivity index is 2.33. The van der Waals surface area contributed by atoms with Crippen molar-refractivity contribution in [1.29, 1.82) is 0 Å². The van der Waals surface area contributed by atoms with Crippen LogP contribution in [0.25, 0.3) is 0 Å². The van der Waals surface area contributed by atoms with E-state index in [9.17, 15) is 0 Å². The Morgan fingerprint density at radius 2 is 0.643 bits per heavy atom. The molecule has 0 heteroatoms. The Bertz CT molecular complexity index is 178. The van der Waals surface area contributed by atoms with Crippen molar-refractivity contribution in [3.63, 3.8) is 0 Å². The Morgan fingerprint density at radius 3 is 0.929 bits per heavy atom. The SMILES string of the molecule is C1=C/CC/C=C/C/C=C/CC/C=C/C/1. The smallest absolute Gasteiger partial charge is 0.0169 e. The van der Waals surface area contributed by atoms with E-state index in [0.29, 0.717) is 0 Å². The van der Waals surface area contributed by atoms with Crippen LogP contribution in [0.15, 0.2) is 48.6 Å². The fraction of sp³-hybridized carbons (Fsp3) is 0.429. The zero-order valence-corrected chi connectivity index (χ0v) is 8.86. The summed E-state index contributed by atoms with van der Waals surface area (Å²) >= 11 is 0. The van der Waals surface area contributed by atoms with Gasteiger partial charge in [0, 0.05) is 0 Å². The van der Waals surface area contributed by atoms with Crippen LogP contribution in [-0.4, -0.2) is 0 Å². The molecule has 0 saturated carbocycles. The summed E-state index contributed by atoms with van der Waals surface area (Å²) in [5.41, 5.74) is 0. The van der Waals surface area contributed by atoms with Crippen molar-refractivity contribution < 1.29 is 0 Å². The van der Waals surface area contributed by atoms with Crippen LogP contribution in [-0.2, 0) is 0 Å². The largest absolute Gasteiger partial charge is 0.0879 e. The van der Waals surface area contributed by atoms with Crippen LogP contribution in [0.4, 0.5) is 0 Å². The molecule has 0 bridgehead atoms. The number of rotatable bonds is 0. The molecule has 0 unspecified atom stereocenters. The third-order valence-corrected chi connectivity index (χ3v) is 2.21. The van der Waals surface area contributed by atoms with Gasteiger partial charge in [0.2, 0.25) is 0 Å². The van der Waals surface area contributed by atoms with Gasteiger partial charge in [0.05, 0.1) is 0 Å². The van der Waals surface area contributed by atoms with Crippen molar-refractivity contribution in [2.45, 2.75) is 38.5 Å². The van der Waals surface area contributed by atoms with E-state index >= 15 is 0 Å². The predicted octanol–water partition coefficient (Wildman–Crippen LogP) is 4.57. The van der Waals surface area contributed by atoms with E-state index in [1.54, 1.807) is 0 Å². The van der Waals surface area contributed by atoms with Crippen molar-refractivity contribution in [2.24, 2.45) is 0 Å². The van der Waals surface area contributed by atoms with Crippen LogP contribution < -0.4 is 0 Å². The predicted molar refractivity (Wildman–Crippen MR) is 64.3 cm³/mol. The first-order valence-electron chi connectivity index (χ1n) is 5.60. The molecule has 1 aliphatic rings. The molecule has 0 radical (unpaired) electrons. The summed E-state index contributed by atoms with van der Waals surface area (Å²) in [6.07, 6.45) is 25.0. The lowest BCUT2D eigenvalue weighted by Gasteiger charge is -1.90. The van der Waals surface area contributed by atoms with Gasteiger partial charge in [-0.2, -0.15) is 0 Å². The molecule has 14 heavy (non-hydrogen) atoms. The highest BCUT2D eigenvalue weighted by atomic mass is 13.9. The van der Waals surface area contributed by atoms with Gasteiger partial charge in [0.1, 0.15) is 0 Å². The molecule has 0 nitrogen and oxygen atoms in total. The normalized spacial score (nSPS) is 28.6. The van der Waals surface area contributed by atoms with Gasteiger partial charge in [0.25, 0.3) is 0 Å². The molecule has 0 amide bonds. The van der Waals surface area contributed by atoms with E-state index in [2.05, 4.69) is 48.6 Å². The Hall–Kier alpha value is -1.04. The molecule has 0 aromatic heterocycles. The molecule has 0 aromatic rings. The fourth-order valence-electron chi connectivity index (χ4n) is 1.40. The Morgan fingerprint density at radius 1 is 0.357 bits per heavy atom. The summed E-state index contributed by atoms with van der Waals surface area (Å²) in [6.45, 7) is 0. The first-order valence-corrected chi connectivity index (χ1v) is 5.60. The quantitative estimate of drug-likeness (QED) is 0.489. The topological polar surface area (TPSA) is 0 Å². The molecule has 0 spiro atoms. The summed E-state index contributed by atoms with van der Waals surface area (Å²) in [5.74, 6) is 0. The van der Waals surface area contributed by atoms with Crippen LogP contribution >= 0.6 is 0 Å². The van der Waals surface area contributed by atoms with Gasteiger partial charge in [-0.1, -0.05) is 48.6 Å². The lowest BCUT2D eigenvalue weighted by Crippen LogP contribution is -1.69. The monoisotopic (exact) mass is 188 g/mol. The molecule has 76 valence electrons. The zero-order chi connectivity index (χ0) is 9.90. The van der Waals surface area contributed by atoms with Crippen LogP contribution in [0.1, 0.15) is 38.5 Å². The third-order valence-electron chi connectivity index (χ3n) is 2.21. The van der Waals surface area contributed by atoms with E-state index < -0.39 is 0 Å². The molecule has 0 aromatic carbocycles. The lowest BCUT2D eigenvalue weighted by atomic mass is 10.2. The lowest BCUT2D eigenvalue weighted by molar-refractivity contribution is 1.02. The van der Waals surface area contributed by atoms with Gasteiger partial charge in [0.15, 0.2) is 0 Å². The van der Waals surface area contributed by atoms with Crippen molar-refractivity contribution in [3.8, 4) is 0 Å². The van der Waals surface area contributed by atoms with Crippen molar-refractivity contribution in [2.75, 3.05) is 0 Å². The highest BCUT2D eigenvalue weighted by Gasteiger charge is 1.80. The molecule has 0 fully saturated rings. The Kier molecular flexibility index (Phi) is 6.74. The van der Waals surface area contributed by atoms with Gasteiger partial charge in [-0.25, -0.2) is 0 Å². The van der Waals surface area contributed by atoms with Gasteiger partial charge in [-0.3, -0.25) is 0 Å². The van der Waals surface area contributed by atoms with Crippen molar-refractivity contribution >= 4 is 0 Å². The molecule has 0 saturated heterocycles. The van der Waals surface area contributed by atoms with Crippen LogP contribution in [0.3, 0.4) is 0 Å². The molecule has 0 aliphatic heterocycles. The molecule has 1 rings (SSSR count). The first-order chi connectivity index (χ1) is 7.00. The highest BCUT2D eigenvalue weighted by Crippen LogP contribution is 2.00. The molecule has 0 N–H and O–H groups in total. The summed E-state index contributed by atoms with van der Waals surface area (Å²) in [7, 11) is 0. The van der Waals surface area contributed by atoms with E-state index in [1.165, 1.54) is 25.7 Å². The molecule has 0 atom stereocenters. The van der Waals surface area contributed by atoms with Gasteiger partial charge >= 0.3 is 0 Å². The number of hydrogen-bond donors (Lipinski definition) is 0. The van der Waals surface area contributed by atoms with Crippen molar-refractivity contribution in [1.82, 2.24) is 0 Å². The standard InChI is InChI=1S/C14H20/c1-2-4-6-8-10-12-14-13-11-9-7-5-3-1/h1-2,5,7-8,10,13-14H,3-4,6,9,11-12H2/b2-1+,7-5+,10-8+,14-13+. The van der Waals surface area contributed by atoms with Gasteiger partial charge in [-0.05, 0) is 38.5 Å². The minimum atomic E-state index is 1.09. The zero-order valence-electron chi connectivity index (χ0n) is 8.86. The van der Waals surface area contributed by atoms with Gasteiger partial charge < -0.3 is 0 Å². The summed E-state index contributed by atoms with van der Waals surface area (Å²) in [4.78, 5) is 0. The maximum absolute atomic E-state index is 2.27. The third kappa shape index (κ3) is 6.47. The van der Waals surface area contributed by atoms with Gasteiger partial charge in [-0.15, -0.1) is 0 Å². The average molecular weight is 188 g/mol. The maximum atomic E-state index is 2.27. The van der Waals surface area contributed by atoms with E-state index in [-0.39, 0.29) is 0 Å². The minimum Gasteiger partial charge on any atom is -0.0879 e. The van der Waals surface area contributed by atoms with Crippen LogP contribution in [0, 0.1) is 0 Å². The summed E-state index contributed by atoms with van der Waals surface area (Å²) < 4.78 is 0. The van der Waals surface area contributed by atoms with E-state index in [0.717, 1.165) is 12.8 Å². The second kappa shape index (κ2) is 8.55. The minimum absolute atomic E-state index is 1.09. The second-order valence-corrected chi connectivity index (χ2v) is 3.51. The number of hydrogen-bond acceptors (Lipinski definition) is 0. The van der Waals surface area contributed by atoms with Crippen molar-refractivity contribution in [3.05, 3.63) is 48.6 Å². The van der Waals surface area contributed by atoms with Crippen LogP contribution in [0.2, 0.25) is 0 Å². The molecule has 0 heterocycles. The molecule has 1 aliphatic carbocycles. The van der Waals surface area contributed by atoms with E-state index in [1.807, 2.05) is 0 Å². The highest BCUT2D eigenvalue weighted by molar-refractivity contribution is 4.98. The maximum Gasteiger partial charge on any atom is -0.0169 e. The Labute approximate surface area is 87.7 Å². The average Bonchev–Trinajstić information content (AvgIpc) is 2.22. The summed E-state index contributed by atoms with van der Waals surface area (Å²) in [5, 5.41) is 0. The first kappa shape index (κ1) is 11.0. The van der Waals surface area contributed by atoms with Crippen LogP contribution in [0.5, 0.6) is 0 Å². The molecular weight excluding hydrogens is 168 g/mol.